The first-order valence-electron chi connectivity index (χ1n) is 8.54. The fourth-order valence-electron chi connectivity index (χ4n) is 2.04. The van der Waals surface area contributed by atoms with Crippen LogP contribution in [-0.4, -0.2) is 46.2 Å². The Balaban J connectivity index is 2.35. The predicted octanol–water partition coefficient (Wildman–Crippen LogP) is 0.914. The molecule has 10 heteroatoms. The number of nitrogens with zero attached hydrogens (tertiary/aromatic N) is 1. The smallest absolute Gasteiger partial charge is 0.407 e. The van der Waals surface area contributed by atoms with Crippen LogP contribution in [0, 0.1) is 0 Å². The van der Waals surface area contributed by atoms with E-state index < -0.39 is 21.7 Å². The zero-order valence-corrected chi connectivity index (χ0v) is 17.0. The molecular formula is C17H29N5O4S. The third-order valence-electron chi connectivity index (χ3n) is 3.22. The van der Waals surface area contributed by atoms with Crippen LogP contribution in [0.4, 0.5) is 4.79 Å². The van der Waals surface area contributed by atoms with Crippen molar-refractivity contribution in [3.05, 3.63) is 29.8 Å². The molecule has 0 radical (unpaired) electrons. The Morgan fingerprint density at radius 2 is 1.85 bits per heavy atom. The molecular weight excluding hydrogens is 370 g/mol. The van der Waals surface area contributed by atoms with Crippen molar-refractivity contribution in [3.8, 4) is 0 Å². The van der Waals surface area contributed by atoms with Gasteiger partial charge in [0.25, 0.3) is 0 Å². The molecule has 0 heterocycles. The van der Waals surface area contributed by atoms with E-state index in [4.69, 9.17) is 9.88 Å². The Bertz CT molecular complexity index is 757. The Kier molecular flexibility index (Phi) is 8.51. The molecule has 9 nitrogen and oxygen atoms in total. The normalized spacial score (nSPS) is 12.4. The van der Waals surface area contributed by atoms with Crippen LogP contribution in [0.15, 0.2) is 34.2 Å². The van der Waals surface area contributed by atoms with Gasteiger partial charge in [-0.05, 0) is 44.9 Å². The summed E-state index contributed by atoms with van der Waals surface area (Å²) in [7, 11) is -2.09. The second-order valence-corrected chi connectivity index (χ2v) is 8.39. The van der Waals surface area contributed by atoms with Crippen molar-refractivity contribution < 1.29 is 17.9 Å². The first-order chi connectivity index (χ1) is 12.5. The molecule has 0 spiro atoms. The largest absolute Gasteiger partial charge is 0.444 e. The zero-order valence-electron chi connectivity index (χ0n) is 16.2. The number of nitrogens with two attached hydrogens (primary N) is 1. The molecule has 0 saturated heterocycles. The molecule has 1 aromatic rings. The van der Waals surface area contributed by atoms with Gasteiger partial charge in [-0.15, -0.1) is 0 Å². The number of carbonyl (C=O) groups excluding carboxylic acids is 1. The number of hydrogen-bond donors (Lipinski definition) is 4. The number of aliphatic imine (C=N–C) groups is 1. The van der Waals surface area contributed by atoms with Gasteiger partial charge in [-0.1, -0.05) is 12.1 Å². The van der Waals surface area contributed by atoms with E-state index in [-0.39, 0.29) is 4.90 Å². The fraction of sp³-hybridized carbons (Fsp3) is 0.529. The van der Waals surface area contributed by atoms with Gasteiger partial charge in [0, 0.05) is 26.7 Å². The molecule has 0 saturated carbocycles. The van der Waals surface area contributed by atoms with Crippen LogP contribution in [0.2, 0.25) is 0 Å². The van der Waals surface area contributed by atoms with Gasteiger partial charge in [0.15, 0.2) is 5.96 Å². The summed E-state index contributed by atoms with van der Waals surface area (Å²) in [6.07, 6.45) is 0.237. The van der Waals surface area contributed by atoms with Gasteiger partial charge in [0.2, 0.25) is 10.0 Å². The first kappa shape index (κ1) is 22.7. The van der Waals surface area contributed by atoms with E-state index in [0.717, 1.165) is 5.56 Å². The summed E-state index contributed by atoms with van der Waals surface area (Å²) in [6.45, 7) is 6.87. The zero-order chi connectivity index (χ0) is 20.5. The topological polar surface area (TPSA) is 135 Å². The fourth-order valence-corrected chi connectivity index (χ4v) is 2.62. The maximum atomic E-state index is 11.5. The number of nitrogens with one attached hydrogen (secondary N) is 3. The van der Waals surface area contributed by atoms with Gasteiger partial charge in [-0.25, -0.2) is 18.4 Å². The van der Waals surface area contributed by atoms with Crippen molar-refractivity contribution in [2.24, 2.45) is 10.1 Å². The Morgan fingerprint density at radius 1 is 1.19 bits per heavy atom. The minimum atomic E-state index is -3.73. The molecule has 1 aromatic carbocycles. The van der Waals surface area contributed by atoms with Crippen LogP contribution < -0.4 is 21.1 Å². The summed E-state index contributed by atoms with van der Waals surface area (Å²) in [5.74, 6) is 0.563. The van der Waals surface area contributed by atoms with Crippen LogP contribution >= 0.6 is 0 Å². The van der Waals surface area contributed by atoms with Gasteiger partial charge in [-0.3, -0.25) is 4.99 Å². The molecule has 5 N–H and O–H groups in total. The van der Waals surface area contributed by atoms with Gasteiger partial charge in [0.05, 0.1) is 4.90 Å². The highest BCUT2D eigenvalue weighted by Crippen LogP contribution is 2.09. The maximum absolute atomic E-state index is 11.5. The Hall–Kier alpha value is -2.33. The van der Waals surface area contributed by atoms with E-state index in [0.29, 0.717) is 32.0 Å². The second kappa shape index (κ2) is 10.1. The number of benzene rings is 1. The molecule has 0 bridgehead atoms. The summed E-state index contributed by atoms with van der Waals surface area (Å²) in [5.41, 5.74) is 0.241. The maximum Gasteiger partial charge on any atom is 0.407 e. The molecule has 0 fully saturated rings. The van der Waals surface area contributed by atoms with E-state index >= 15 is 0 Å². The van der Waals surface area contributed by atoms with Crippen LogP contribution in [0.25, 0.3) is 0 Å². The molecule has 27 heavy (non-hydrogen) atoms. The van der Waals surface area contributed by atoms with E-state index in [1.54, 1.807) is 19.2 Å². The SMILES string of the molecule is CN=C(NCCCNC(=O)OC(C)(C)C)NCc1cccc(S(N)(=O)=O)c1. The van der Waals surface area contributed by atoms with E-state index in [9.17, 15) is 13.2 Å². The third-order valence-corrected chi connectivity index (χ3v) is 4.14. The molecule has 1 rings (SSSR count). The van der Waals surface area contributed by atoms with Crippen molar-refractivity contribution in [2.75, 3.05) is 20.1 Å². The van der Waals surface area contributed by atoms with Crippen LogP contribution in [-0.2, 0) is 21.3 Å². The second-order valence-electron chi connectivity index (χ2n) is 6.83. The summed E-state index contributed by atoms with van der Waals surface area (Å²) in [4.78, 5) is 15.7. The molecule has 0 unspecified atom stereocenters. The number of alkyl carbamates (subject to hydrolysis) is 1. The summed E-state index contributed by atoms with van der Waals surface area (Å²) in [6, 6.07) is 6.39. The number of carbonyl (C=O) groups is 1. The molecule has 0 aliphatic rings. The quantitative estimate of drug-likeness (QED) is 0.306. The summed E-state index contributed by atoms with van der Waals surface area (Å²) >= 11 is 0. The number of rotatable bonds is 7. The van der Waals surface area contributed by atoms with Crippen molar-refractivity contribution in [3.63, 3.8) is 0 Å². The molecule has 0 aliphatic heterocycles. The summed E-state index contributed by atoms with van der Waals surface area (Å²) in [5, 5.41) is 14.0. The lowest BCUT2D eigenvalue weighted by molar-refractivity contribution is 0.0527. The number of hydrogen-bond acceptors (Lipinski definition) is 5. The van der Waals surface area contributed by atoms with Gasteiger partial charge < -0.3 is 20.7 Å². The van der Waals surface area contributed by atoms with Crippen molar-refractivity contribution in [1.82, 2.24) is 16.0 Å². The van der Waals surface area contributed by atoms with Crippen molar-refractivity contribution >= 4 is 22.1 Å². The molecule has 0 atom stereocenters. The lowest BCUT2D eigenvalue weighted by Gasteiger charge is -2.19. The third kappa shape index (κ3) is 9.80. The van der Waals surface area contributed by atoms with Crippen LogP contribution in [0.3, 0.4) is 0 Å². The number of amides is 1. The van der Waals surface area contributed by atoms with Crippen LogP contribution in [0.1, 0.15) is 32.8 Å². The van der Waals surface area contributed by atoms with Gasteiger partial charge in [-0.2, -0.15) is 0 Å². The highest BCUT2D eigenvalue weighted by molar-refractivity contribution is 7.89. The standard InChI is InChI=1S/C17H29N5O4S/c1-17(2,3)26-16(23)21-10-6-9-20-15(19-4)22-12-13-7-5-8-14(11-13)27(18,24)25/h5,7-8,11H,6,9-10,12H2,1-4H3,(H,21,23)(H2,18,24,25)(H2,19,20,22). The number of sulfonamides is 1. The monoisotopic (exact) mass is 399 g/mol. The Morgan fingerprint density at radius 3 is 2.44 bits per heavy atom. The predicted molar refractivity (Wildman–Crippen MR) is 105 cm³/mol. The van der Waals surface area contributed by atoms with Gasteiger partial charge in [0.1, 0.15) is 5.60 Å². The highest BCUT2D eigenvalue weighted by atomic mass is 32.2. The first-order valence-corrected chi connectivity index (χ1v) is 10.1. The minimum Gasteiger partial charge on any atom is -0.444 e. The number of guanidine groups is 1. The van der Waals surface area contributed by atoms with E-state index in [1.165, 1.54) is 12.1 Å². The molecule has 1 amide bonds. The highest BCUT2D eigenvalue weighted by Gasteiger charge is 2.15. The lowest BCUT2D eigenvalue weighted by atomic mass is 10.2. The number of ether oxygens (including phenoxy) is 1. The molecule has 0 aromatic heterocycles. The van der Waals surface area contributed by atoms with Gasteiger partial charge >= 0.3 is 6.09 Å². The Labute approximate surface area is 160 Å². The minimum absolute atomic E-state index is 0.0676. The molecule has 0 aliphatic carbocycles. The summed E-state index contributed by atoms with van der Waals surface area (Å²) < 4.78 is 27.9. The van der Waals surface area contributed by atoms with E-state index in [2.05, 4.69) is 20.9 Å². The van der Waals surface area contributed by atoms with Crippen molar-refractivity contribution in [1.29, 1.82) is 0 Å². The average molecular weight is 400 g/mol. The van der Waals surface area contributed by atoms with E-state index in [1.807, 2.05) is 20.8 Å². The van der Waals surface area contributed by atoms with Crippen molar-refractivity contribution in [2.45, 2.75) is 44.2 Å². The number of primary sulfonamides is 1. The average Bonchev–Trinajstić information content (AvgIpc) is 2.55. The van der Waals surface area contributed by atoms with Crippen LogP contribution in [0.5, 0.6) is 0 Å². The molecule has 152 valence electrons. The lowest BCUT2D eigenvalue weighted by Crippen LogP contribution is -2.39.